The van der Waals surface area contributed by atoms with Crippen LogP contribution in [0.5, 0.6) is 0 Å². The van der Waals surface area contributed by atoms with E-state index in [2.05, 4.69) is 56.2 Å². The van der Waals surface area contributed by atoms with E-state index in [0.29, 0.717) is 0 Å². The minimum absolute atomic E-state index is 0.170. The largest absolute Gasteiger partial charge is 0.441 e. The van der Waals surface area contributed by atoms with Gasteiger partial charge in [-0.1, -0.05) is 23.8 Å². The van der Waals surface area contributed by atoms with E-state index in [1.54, 1.807) is 0 Å². The Kier molecular flexibility index (Phi) is 4.61. The first kappa shape index (κ1) is 14.8. The number of oxazole rings is 1. The lowest BCUT2D eigenvalue weighted by Gasteiger charge is -2.19. The van der Waals surface area contributed by atoms with Crippen LogP contribution in [0.25, 0.3) is 11.3 Å². The fourth-order valence-corrected chi connectivity index (χ4v) is 2.06. The lowest BCUT2D eigenvalue weighted by atomic mass is 10.1. The van der Waals surface area contributed by atoms with E-state index in [-0.39, 0.29) is 5.54 Å². The zero-order chi connectivity index (χ0) is 14.6. The average Bonchev–Trinajstić information content (AvgIpc) is 2.82. The van der Waals surface area contributed by atoms with E-state index in [1.165, 1.54) is 5.56 Å². The van der Waals surface area contributed by atoms with Crippen molar-refractivity contribution in [3.63, 3.8) is 0 Å². The third-order valence-electron chi connectivity index (χ3n) is 3.08. The van der Waals surface area contributed by atoms with Gasteiger partial charge in [-0.25, -0.2) is 4.98 Å². The Hall–Kier alpha value is -1.61. The van der Waals surface area contributed by atoms with Gasteiger partial charge < -0.3 is 9.73 Å². The molecule has 0 atom stereocenters. The van der Waals surface area contributed by atoms with Gasteiger partial charge in [-0.15, -0.1) is 0 Å². The molecule has 0 bridgehead atoms. The molecule has 0 saturated carbocycles. The summed E-state index contributed by atoms with van der Waals surface area (Å²) < 4.78 is 5.82. The Morgan fingerprint density at radius 2 is 2.05 bits per heavy atom. The zero-order valence-corrected chi connectivity index (χ0v) is 12.9. The van der Waals surface area contributed by atoms with E-state index in [4.69, 9.17) is 4.42 Å². The van der Waals surface area contributed by atoms with Crippen molar-refractivity contribution in [1.82, 2.24) is 10.3 Å². The average molecular weight is 272 g/mol. The van der Waals surface area contributed by atoms with Crippen LogP contribution in [0, 0.1) is 6.92 Å². The monoisotopic (exact) mass is 272 g/mol. The van der Waals surface area contributed by atoms with Crippen molar-refractivity contribution in [1.29, 1.82) is 0 Å². The summed E-state index contributed by atoms with van der Waals surface area (Å²) in [5.41, 5.74) is 2.50. The summed E-state index contributed by atoms with van der Waals surface area (Å²) in [6.07, 6.45) is 3.72. The summed E-state index contributed by atoms with van der Waals surface area (Å²) in [6, 6.07) is 8.29. The van der Waals surface area contributed by atoms with Crippen LogP contribution in [0.3, 0.4) is 0 Å². The van der Waals surface area contributed by atoms with Crippen LogP contribution in [-0.2, 0) is 6.42 Å². The van der Waals surface area contributed by atoms with Gasteiger partial charge in [0.05, 0.1) is 6.20 Å². The van der Waals surface area contributed by atoms with Gasteiger partial charge in [0.25, 0.3) is 0 Å². The highest BCUT2D eigenvalue weighted by Gasteiger charge is 2.09. The molecule has 1 N–H and O–H groups in total. The predicted molar refractivity (Wildman–Crippen MR) is 82.8 cm³/mol. The number of hydrogen-bond donors (Lipinski definition) is 1. The molecule has 0 fully saturated rings. The van der Waals surface area contributed by atoms with Crippen molar-refractivity contribution in [2.75, 3.05) is 6.54 Å². The first-order valence-corrected chi connectivity index (χ1v) is 7.21. The molecular weight excluding hydrogens is 248 g/mol. The molecule has 2 rings (SSSR count). The molecule has 20 heavy (non-hydrogen) atoms. The first-order valence-electron chi connectivity index (χ1n) is 7.21. The fourth-order valence-electron chi connectivity index (χ4n) is 2.06. The quantitative estimate of drug-likeness (QED) is 0.837. The number of hydrogen-bond acceptors (Lipinski definition) is 3. The number of nitrogens with one attached hydrogen (secondary N) is 1. The molecule has 0 spiro atoms. The molecule has 0 aliphatic rings. The van der Waals surface area contributed by atoms with Crippen LogP contribution in [-0.4, -0.2) is 17.1 Å². The Morgan fingerprint density at radius 1 is 1.25 bits per heavy atom. The van der Waals surface area contributed by atoms with Gasteiger partial charge in [0.1, 0.15) is 0 Å². The van der Waals surface area contributed by atoms with Crippen LogP contribution in [0.1, 0.15) is 38.6 Å². The molecule has 0 amide bonds. The van der Waals surface area contributed by atoms with Crippen LogP contribution in [0.2, 0.25) is 0 Å². The molecular formula is C17H24N2O. The molecule has 0 aliphatic carbocycles. The number of aromatic nitrogens is 1. The van der Waals surface area contributed by atoms with Gasteiger partial charge in [-0.05, 0) is 46.7 Å². The SMILES string of the molecule is Cc1cccc(-c2cnc(CCCNC(C)(C)C)o2)c1. The third kappa shape index (κ3) is 4.49. The highest BCUT2D eigenvalue weighted by atomic mass is 16.4. The van der Waals surface area contributed by atoms with Gasteiger partial charge in [0, 0.05) is 17.5 Å². The maximum Gasteiger partial charge on any atom is 0.194 e. The molecule has 1 aromatic carbocycles. The van der Waals surface area contributed by atoms with Gasteiger partial charge >= 0.3 is 0 Å². The Morgan fingerprint density at radius 3 is 2.75 bits per heavy atom. The highest BCUT2D eigenvalue weighted by molar-refractivity contribution is 5.57. The smallest absolute Gasteiger partial charge is 0.194 e. The Labute approximate surface area is 121 Å². The molecule has 3 nitrogen and oxygen atoms in total. The summed E-state index contributed by atoms with van der Waals surface area (Å²) in [5.74, 6) is 1.67. The van der Waals surface area contributed by atoms with Gasteiger partial charge in [-0.3, -0.25) is 0 Å². The van der Waals surface area contributed by atoms with Gasteiger partial charge in [-0.2, -0.15) is 0 Å². The van der Waals surface area contributed by atoms with E-state index in [0.717, 1.165) is 36.6 Å². The second-order valence-corrected chi connectivity index (χ2v) is 6.27. The second kappa shape index (κ2) is 6.23. The zero-order valence-electron chi connectivity index (χ0n) is 12.9. The highest BCUT2D eigenvalue weighted by Crippen LogP contribution is 2.21. The van der Waals surface area contributed by atoms with Crippen LogP contribution in [0.15, 0.2) is 34.9 Å². The lowest BCUT2D eigenvalue weighted by molar-refractivity contribution is 0.412. The standard InChI is InChI=1S/C17H24N2O/c1-13-7-5-8-14(11-13)15-12-18-16(20-15)9-6-10-19-17(2,3)4/h5,7-8,11-12,19H,6,9-10H2,1-4H3. The summed E-state index contributed by atoms with van der Waals surface area (Å²) in [5, 5.41) is 3.47. The number of benzene rings is 1. The minimum Gasteiger partial charge on any atom is -0.441 e. The molecule has 108 valence electrons. The third-order valence-corrected chi connectivity index (χ3v) is 3.08. The summed E-state index contributed by atoms with van der Waals surface area (Å²) in [4.78, 5) is 4.36. The molecule has 0 aliphatic heterocycles. The fraction of sp³-hybridized carbons (Fsp3) is 0.471. The molecule has 3 heteroatoms. The summed E-state index contributed by atoms with van der Waals surface area (Å²) >= 11 is 0. The molecule has 2 aromatic rings. The van der Waals surface area contributed by atoms with Crippen molar-refractivity contribution >= 4 is 0 Å². The topological polar surface area (TPSA) is 38.1 Å². The van der Waals surface area contributed by atoms with Crippen LogP contribution in [0.4, 0.5) is 0 Å². The van der Waals surface area contributed by atoms with E-state index in [9.17, 15) is 0 Å². The molecule has 0 unspecified atom stereocenters. The van der Waals surface area contributed by atoms with E-state index < -0.39 is 0 Å². The predicted octanol–water partition coefficient (Wildman–Crippen LogP) is 3.97. The van der Waals surface area contributed by atoms with Crippen molar-refractivity contribution < 1.29 is 4.42 Å². The van der Waals surface area contributed by atoms with Crippen molar-refractivity contribution in [2.45, 2.75) is 46.1 Å². The number of rotatable bonds is 5. The van der Waals surface area contributed by atoms with Gasteiger partial charge in [0.15, 0.2) is 11.7 Å². The van der Waals surface area contributed by atoms with E-state index >= 15 is 0 Å². The first-order chi connectivity index (χ1) is 9.44. The molecule has 1 heterocycles. The maximum absolute atomic E-state index is 5.82. The Bertz CT molecular complexity index is 552. The summed E-state index contributed by atoms with van der Waals surface area (Å²) in [6.45, 7) is 9.58. The summed E-state index contributed by atoms with van der Waals surface area (Å²) in [7, 11) is 0. The lowest BCUT2D eigenvalue weighted by Crippen LogP contribution is -2.36. The molecule has 0 radical (unpaired) electrons. The normalized spacial score (nSPS) is 11.8. The van der Waals surface area contributed by atoms with Crippen LogP contribution >= 0.6 is 0 Å². The van der Waals surface area contributed by atoms with Crippen molar-refractivity contribution in [3.8, 4) is 11.3 Å². The van der Waals surface area contributed by atoms with E-state index in [1.807, 2.05) is 12.3 Å². The van der Waals surface area contributed by atoms with Gasteiger partial charge in [0.2, 0.25) is 0 Å². The number of nitrogens with zero attached hydrogens (tertiary/aromatic N) is 1. The maximum atomic E-state index is 5.82. The minimum atomic E-state index is 0.170. The van der Waals surface area contributed by atoms with Crippen molar-refractivity contribution in [2.24, 2.45) is 0 Å². The molecule has 1 aromatic heterocycles. The van der Waals surface area contributed by atoms with Crippen LogP contribution < -0.4 is 5.32 Å². The van der Waals surface area contributed by atoms with Crippen molar-refractivity contribution in [3.05, 3.63) is 41.9 Å². The Balaban J connectivity index is 1.90. The second-order valence-electron chi connectivity index (χ2n) is 6.27. The molecule has 0 saturated heterocycles. The number of aryl methyl sites for hydroxylation is 2.